The number of thioether (sulfide) groups is 1. The van der Waals surface area contributed by atoms with Gasteiger partial charge in [-0.2, -0.15) is 0 Å². The highest BCUT2D eigenvalue weighted by molar-refractivity contribution is 8.13. The van der Waals surface area contributed by atoms with Gasteiger partial charge in [0.05, 0.1) is 11.1 Å². The Labute approximate surface area is 206 Å². The highest BCUT2D eigenvalue weighted by atomic mass is 32.2. The Morgan fingerprint density at radius 3 is 2.51 bits per heavy atom. The summed E-state index contributed by atoms with van der Waals surface area (Å²) in [7, 11) is 1.95. The molecule has 176 valence electrons. The SMILES string of the molecule is Cn1cc(C2=C(c3c4n(c5ccccc35)CC(CSC(=N)N)CC4)C(=O)NC2=O)c2ccccc21. The molecule has 2 aliphatic heterocycles. The van der Waals surface area contributed by atoms with Crippen molar-refractivity contribution in [1.29, 1.82) is 5.41 Å². The zero-order valence-electron chi connectivity index (χ0n) is 19.3. The number of amides is 2. The molecular weight excluding hydrogens is 458 g/mol. The number of nitrogens with one attached hydrogen (secondary N) is 2. The molecule has 35 heavy (non-hydrogen) atoms. The number of hydrogen-bond acceptors (Lipinski definition) is 4. The molecule has 4 heterocycles. The van der Waals surface area contributed by atoms with Crippen LogP contribution in [0.2, 0.25) is 0 Å². The molecule has 2 amide bonds. The molecule has 2 aromatic heterocycles. The average molecular weight is 484 g/mol. The Hall–Kier alpha value is -3.78. The van der Waals surface area contributed by atoms with Crippen molar-refractivity contribution in [3.63, 3.8) is 0 Å². The van der Waals surface area contributed by atoms with E-state index in [0.717, 1.165) is 63.8 Å². The van der Waals surface area contributed by atoms with Crippen molar-refractivity contribution in [2.45, 2.75) is 19.4 Å². The lowest BCUT2D eigenvalue weighted by Gasteiger charge is -2.26. The number of imide groups is 1. The van der Waals surface area contributed by atoms with Crippen LogP contribution in [0.5, 0.6) is 0 Å². The summed E-state index contributed by atoms with van der Waals surface area (Å²) in [5.74, 6) is 0.480. The second-order valence-corrected chi connectivity index (χ2v) is 10.3. The largest absolute Gasteiger partial charge is 0.379 e. The minimum absolute atomic E-state index is 0.139. The van der Waals surface area contributed by atoms with E-state index in [1.807, 2.05) is 60.3 Å². The maximum Gasteiger partial charge on any atom is 0.259 e. The summed E-state index contributed by atoms with van der Waals surface area (Å²) in [4.78, 5) is 26.5. The molecule has 7 nitrogen and oxygen atoms in total. The van der Waals surface area contributed by atoms with E-state index < -0.39 is 0 Å². The van der Waals surface area contributed by atoms with Crippen LogP contribution in [-0.2, 0) is 29.6 Å². The number of amidine groups is 1. The van der Waals surface area contributed by atoms with Gasteiger partial charge in [0, 0.05) is 64.2 Å². The van der Waals surface area contributed by atoms with Gasteiger partial charge in [-0.25, -0.2) is 0 Å². The standard InChI is InChI=1S/C27H25N5O2S/c1-31-13-18(16-6-2-4-8-19(16)31)23-24(26(34)30-25(23)33)22-17-7-3-5-9-20(17)32-12-15(10-11-21(22)32)14-35-27(28)29/h2-9,13,15H,10-12,14H2,1H3,(H3,28,29)(H,30,33,34). The summed E-state index contributed by atoms with van der Waals surface area (Å²) < 4.78 is 4.29. The molecule has 0 aliphatic carbocycles. The molecule has 4 N–H and O–H groups in total. The molecule has 4 aromatic rings. The van der Waals surface area contributed by atoms with Gasteiger partial charge in [-0.3, -0.25) is 20.3 Å². The number of nitrogens with two attached hydrogens (primary N) is 1. The normalized spacial score (nSPS) is 17.9. The number of fused-ring (bicyclic) bond motifs is 4. The van der Waals surface area contributed by atoms with Crippen LogP contribution >= 0.6 is 11.8 Å². The van der Waals surface area contributed by atoms with Gasteiger partial charge in [-0.05, 0) is 30.9 Å². The fourth-order valence-electron chi connectivity index (χ4n) is 5.63. The molecule has 0 fully saturated rings. The van der Waals surface area contributed by atoms with Gasteiger partial charge < -0.3 is 14.9 Å². The second-order valence-electron chi connectivity index (χ2n) is 9.23. The first kappa shape index (κ1) is 21.7. The highest BCUT2D eigenvalue weighted by Crippen LogP contribution is 2.42. The van der Waals surface area contributed by atoms with E-state index in [9.17, 15) is 9.59 Å². The Morgan fingerprint density at radius 2 is 1.74 bits per heavy atom. The van der Waals surface area contributed by atoms with Crippen molar-refractivity contribution >= 4 is 61.7 Å². The monoisotopic (exact) mass is 483 g/mol. The van der Waals surface area contributed by atoms with Crippen LogP contribution in [0.4, 0.5) is 0 Å². The Balaban J connectivity index is 1.58. The first-order chi connectivity index (χ1) is 16.9. The summed E-state index contributed by atoms with van der Waals surface area (Å²) in [6.07, 6.45) is 3.68. The van der Waals surface area contributed by atoms with Gasteiger partial charge in [0.1, 0.15) is 0 Å². The third kappa shape index (κ3) is 3.39. The second kappa shape index (κ2) is 8.16. The van der Waals surface area contributed by atoms with Gasteiger partial charge in [-0.15, -0.1) is 0 Å². The molecule has 0 saturated heterocycles. The van der Waals surface area contributed by atoms with Crippen molar-refractivity contribution in [3.05, 3.63) is 71.5 Å². The summed E-state index contributed by atoms with van der Waals surface area (Å²) in [6, 6.07) is 16.0. The molecule has 0 saturated carbocycles. The van der Waals surface area contributed by atoms with Gasteiger partial charge in [-0.1, -0.05) is 48.2 Å². The van der Waals surface area contributed by atoms with Crippen molar-refractivity contribution in [1.82, 2.24) is 14.5 Å². The van der Waals surface area contributed by atoms with E-state index >= 15 is 0 Å². The van der Waals surface area contributed by atoms with E-state index in [0.29, 0.717) is 17.1 Å². The van der Waals surface area contributed by atoms with E-state index in [1.165, 1.54) is 11.8 Å². The summed E-state index contributed by atoms with van der Waals surface area (Å²) >= 11 is 1.38. The average Bonchev–Trinajstić information content (AvgIpc) is 3.45. The fourth-order valence-corrected chi connectivity index (χ4v) is 6.32. The number of aromatic nitrogens is 2. The quantitative estimate of drug-likeness (QED) is 0.233. The predicted octanol–water partition coefficient (Wildman–Crippen LogP) is 3.89. The van der Waals surface area contributed by atoms with Crippen molar-refractivity contribution in [2.24, 2.45) is 18.7 Å². The number of rotatable bonds is 4. The number of benzene rings is 2. The summed E-state index contributed by atoms with van der Waals surface area (Å²) in [5, 5.41) is 12.2. The Kier molecular flexibility index (Phi) is 5.07. The van der Waals surface area contributed by atoms with Gasteiger partial charge in [0.25, 0.3) is 11.8 Å². The van der Waals surface area contributed by atoms with Gasteiger partial charge >= 0.3 is 0 Å². The number of aryl methyl sites for hydroxylation is 1. The first-order valence-electron chi connectivity index (χ1n) is 11.7. The number of carbonyl (C=O) groups is 2. The topological polar surface area (TPSA) is 106 Å². The van der Waals surface area contributed by atoms with E-state index in [2.05, 4.69) is 16.0 Å². The zero-order chi connectivity index (χ0) is 24.3. The van der Waals surface area contributed by atoms with Gasteiger partial charge in [0.15, 0.2) is 5.17 Å². The summed E-state index contributed by atoms with van der Waals surface area (Å²) in [5.41, 5.74) is 11.3. The van der Waals surface area contributed by atoms with Crippen molar-refractivity contribution in [2.75, 3.05) is 5.75 Å². The molecule has 2 aliphatic rings. The van der Waals surface area contributed by atoms with Crippen molar-refractivity contribution in [3.8, 4) is 0 Å². The van der Waals surface area contributed by atoms with Crippen LogP contribution in [0.15, 0.2) is 54.7 Å². The third-order valence-electron chi connectivity index (χ3n) is 7.13. The maximum atomic E-state index is 13.3. The molecule has 0 bridgehead atoms. The predicted molar refractivity (Wildman–Crippen MR) is 141 cm³/mol. The van der Waals surface area contributed by atoms with Crippen LogP contribution in [0.3, 0.4) is 0 Å². The van der Waals surface area contributed by atoms with Crippen LogP contribution in [-0.4, -0.2) is 31.9 Å². The van der Waals surface area contributed by atoms with E-state index in [1.54, 1.807) is 0 Å². The zero-order valence-corrected chi connectivity index (χ0v) is 20.1. The van der Waals surface area contributed by atoms with Crippen LogP contribution in [0.25, 0.3) is 33.0 Å². The molecule has 8 heteroatoms. The number of carbonyl (C=O) groups excluding carboxylic acids is 2. The molecule has 6 rings (SSSR count). The number of nitrogens with zero attached hydrogens (tertiary/aromatic N) is 2. The van der Waals surface area contributed by atoms with Crippen LogP contribution < -0.4 is 11.1 Å². The minimum Gasteiger partial charge on any atom is -0.379 e. The Morgan fingerprint density at radius 1 is 1.06 bits per heavy atom. The van der Waals surface area contributed by atoms with Gasteiger partial charge in [0.2, 0.25) is 0 Å². The van der Waals surface area contributed by atoms with Crippen LogP contribution in [0, 0.1) is 11.3 Å². The van der Waals surface area contributed by atoms with Crippen LogP contribution in [0.1, 0.15) is 23.2 Å². The van der Waals surface area contributed by atoms with E-state index in [4.69, 9.17) is 11.1 Å². The lowest BCUT2D eigenvalue weighted by molar-refractivity contribution is -0.122. The molecule has 1 unspecified atom stereocenters. The fraction of sp³-hybridized carbons (Fsp3) is 0.222. The Bertz CT molecular complexity index is 1590. The molecule has 2 aromatic carbocycles. The molecule has 0 radical (unpaired) electrons. The number of hydrogen-bond donors (Lipinski definition) is 3. The minimum atomic E-state index is -0.350. The third-order valence-corrected chi connectivity index (χ3v) is 8.08. The lowest BCUT2D eigenvalue weighted by Crippen LogP contribution is -2.24. The maximum absolute atomic E-state index is 13.3. The molecule has 0 spiro atoms. The molecular formula is C27H25N5O2S. The highest BCUT2D eigenvalue weighted by Gasteiger charge is 2.38. The van der Waals surface area contributed by atoms with Crippen molar-refractivity contribution < 1.29 is 9.59 Å². The lowest BCUT2D eigenvalue weighted by atomic mass is 9.91. The van der Waals surface area contributed by atoms with E-state index in [-0.39, 0.29) is 17.0 Å². The molecule has 1 atom stereocenters. The summed E-state index contributed by atoms with van der Waals surface area (Å²) in [6.45, 7) is 0.794. The smallest absolute Gasteiger partial charge is 0.259 e. The first-order valence-corrected chi connectivity index (χ1v) is 12.6. The number of para-hydroxylation sites is 2.